The van der Waals surface area contributed by atoms with Crippen LogP contribution in [0.15, 0.2) is 29.8 Å². The van der Waals surface area contributed by atoms with Gasteiger partial charge in [-0.25, -0.2) is 0 Å². The molecule has 1 aromatic rings. The van der Waals surface area contributed by atoms with E-state index in [1.165, 1.54) is 37.7 Å². The maximum absolute atomic E-state index is 12.3. The van der Waals surface area contributed by atoms with Crippen LogP contribution in [0.4, 0.5) is 0 Å². The van der Waals surface area contributed by atoms with Crippen molar-refractivity contribution in [3.8, 4) is 5.75 Å². The minimum atomic E-state index is -0.676. The number of aliphatic hydroxyl groups is 1. The molecule has 2 saturated carbocycles. The van der Waals surface area contributed by atoms with E-state index < -0.39 is 5.60 Å². The van der Waals surface area contributed by atoms with Crippen molar-refractivity contribution in [1.29, 1.82) is 0 Å². The second-order valence-corrected chi connectivity index (χ2v) is 8.81. The molecule has 0 radical (unpaired) electrons. The van der Waals surface area contributed by atoms with E-state index in [2.05, 4.69) is 37.2 Å². The quantitative estimate of drug-likeness (QED) is 0.727. The number of rotatable bonds is 5. The number of methoxy groups -OCH3 is 1. The first kappa shape index (κ1) is 20.4. The Labute approximate surface area is 165 Å². The van der Waals surface area contributed by atoms with Gasteiger partial charge in [-0.15, -0.1) is 0 Å². The van der Waals surface area contributed by atoms with E-state index in [1.54, 1.807) is 7.11 Å². The van der Waals surface area contributed by atoms with E-state index in [0.29, 0.717) is 11.8 Å². The third kappa shape index (κ3) is 4.75. The molecule has 0 spiro atoms. The summed E-state index contributed by atoms with van der Waals surface area (Å²) in [4.78, 5) is 2.26. The van der Waals surface area contributed by atoms with Gasteiger partial charge < -0.3 is 14.7 Å². The summed E-state index contributed by atoms with van der Waals surface area (Å²) in [5.74, 6) is 1.59. The van der Waals surface area contributed by atoms with Crippen LogP contribution in [0.3, 0.4) is 0 Å². The molecule has 2 fully saturated rings. The van der Waals surface area contributed by atoms with Gasteiger partial charge in [0.25, 0.3) is 0 Å². The molecule has 3 rings (SSSR count). The highest BCUT2D eigenvalue weighted by molar-refractivity contribution is 5.57. The Morgan fingerprint density at radius 3 is 2.56 bits per heavy atom. The summed E-state index contributed by atoms with van der Waals surface area (Å²) in [7, 11) is 5.98. The zero-order chi connectivity index (χ0) is 19.3. The van der Waals surface area contributed by atoms with Crippen molar-refractivity contribution in [2.24, 2.45) is 11.8 Å². The van der Waals surface area contributed by atoms with Crippen molar-refractivity contribution in [2.45, 2.75) is 63.4 Å². The molecule has 3 nitrogen and oxygen atoms in total. The molecule has 0 heterocycles. The molecule has 0 saturated heterocycles. The average molecular weight is 372 g/mol. The van der Waals surface area contributed by atoms with Crippen molar-refractivity contribution < 1.29 is 9.84 Å². The third-order valence-corrected chi connectivity index (χ3v) is 6.63. The average Bonchev–Trinajstić information content (AvgIpc) is 2.83. The number of hydrogen-bond donors (Lipinski definition) is 1. The number of benzene rings is 1. The smallest absolute Gasteiger partial charge is 0.119 e. The van der Waals surface area contributed by atoms with Gasteiger partial charge in [-0.2, -0.15) is 0 Å². The molecule has 2 unspecified atom stereocenters. The Kier molecular flexibility index (Phi) is 6.99. The number of nitrogens with zero attached hydrogens (tertiary/aromatic N) is 1. The van der Waals surface area contributed by atoms with Gasteiger partial charge in [0.1, 0.15) is 5.75 Å². The predicted molar refractivity (Wildman–Crippen MR) is 113 cm³/mol. The molecule has 2 atom stereocenters. The summed E-state index contributed by atoms with van der Waals surface area (Å²) < 4.78 is 5.41. The van der Waals surface area contributed by atoms with E-state index in [9.17, 15) is 5.11 Å². The summed E-state index contributed by atoms with van der Waals surface area (Å²) in [6, 6.07) is 8.24. The Morgan fingerprint density at radius 1 is 1.11 bits per heavy atom. The van der Waals surface area contributed by atoms with Crippen LogP contribution in [0.5, 0.6) is 5.75 Å². The fourth-order valence-corrected chi connectivity index (χ4v) is 5.32. The van der Waals surface area contributed by atoms with Crippen LogP contribution >= 0.6 is 0 Å². The van der Waals surface area contributed by atoms with Gasteiger partial charge in [-0.3, -0.25) is 0 Å². The molecule has 2 aliphatic rings. The van der Waals surface area contributed by atoms with Crippen LogP contribution < -0.4 is 4.74 Å². The van der Waals surface area contributed by atoms with Gasteiger partial charge in [0.15, 0.2) is 0 Å². The molecule has 2 aliphatic carbocycles. The van der Waals surface area contributed by atoms with E-state index in [1.807, 2.05) is 12.1 Å². The summed E-state index contributed by atoms with van der Waals surface area (Å²) in [5.41, 5.74) is 1.72. The van der Waals surface area contributed by atoms with Gasteiger partial charge in [0, 0.05) is 12.5 Å². The van der Waals surface area contributed by atoms with Crippen LogP contribution in [-0.2, 0) is 0 Å². The zero-order valence-corrected chi connectivity index (χ0v) is 17.4. The van der Waals surface area contributed by atoms with E-state index in [-0.39, 0.29) is 0 Å². The lowest BCUT2D eigenvalue weighted by atomic mass is 9.66. The second-order valence-electron chi connectivity index (χ2n) is 8.81. The number of ether oxygens (including phenoxy) is 1. The van der Waals surface area contributed by atoms with Crippen molar-refractivity contribution in [2.75, 3.05) is 27.7 Å². The van der Waals surface area contributed by atoms with E-state index in [0.717, 1.165) is 43.5 Å². The Balaban J connectivity index is 2.02. The first-order valence-electron chi connectivity index (χ1n) is 10.8. The molecule has 0 amide bonds. The molecule has 0 aliphatic heterocycles. The van der Waals surface area contributed by atoms with Crippen molar-refractivity contribution in [3.63, 3.8) is 0 Å². The Morgan fingerprint density at radius 2 is 1.85 bits per heavy atom. The molecule has 3 heteroatoms. The van der Waals surface area contributed by atoms with Crippen LogP contribution in [0, 0.1) is 11.8 Å². The molecule has 1 aromatic carbocycles. The third-order valence-electron chi connectivity index (χ3n) is 6.63. The molecule has 1 N–H and O–H groups in total. The minimum absolute atomic E-state index is 0.315. The van der Waals surface area contributed by atoms with Crippen molar-refractivity contribution >= 4 is 6.08 Å². The van der Waals surface area contributed by atoms with Crippen molar-refractivity contribution in [1.82, 2.24) is 4.90 Å². The Bertz CT molecular complexity index is 633. The lowest BCUT2D eigenvalue weighted by Crippen LogP contribution is -2.50. The fraction of sp³-hybridized carbons (Fsp3) is 0.667. The molecule has 0 aromatic heterocycles. The summed E-state index contributed by atoms with van der Waals surface area (Å²) >= 11 is 0. The molecule has 150 valence electrons. The van der Waals surface area contributed by atoms with Gasteiger partial charge in [0.2, 0.25) is 0 Å². The largest absolute Gasteiger partial charge is 0.497 e. The number of hydrogen-bond acceptors (Lipinski definition) is 3. The molecule has 0 bridgehead atoms. The first-order chi connectivity index (χ1) is 13.0. The van der Waals surface area contributed by atoms with E-state index in [4.69, 9.17) is 4.74 Å². The predicted octanol–water partition coefficient (Wildman–Crippen LogP) is 5.14. The van der Waals surface area contributed by atoms with Gasteiger partial charge >= 0.3 is 0 Å². The highest BCUT2D eigenvalue weighted by atomic mass is 16.5. The topological polar surface area (TPSA) is 32.7 Å². The lowest BCUT2D eigenvalue weighted by Gasteiger charge is -2.46. The highest BCUT2D eigenvalue weighted by Crippen LogP contribution is 2.47. The van der Waals surface area contributed by atoms with Crippen LogP contribution in [-0.4, -0.2) is 43.4 Å². The fourth-order valence-electron chi connectivity index (χ4n) is 5.32. The summed E-state index contributed by atoms with van der Waals surface area (Å²) in [6.45, 7) is 0.961. The zero-order valence-electron chi connectivity index (χ0n) is 17.4. The maximum atomic E-state index is 12.3. The SMILES string of the molecule is COc1cccc(C=C2CCCCC(CN(C)C)C2(O)C2CCCCC2)c1. The van der Waals surface area contributed by atoms with Gasteiger partial charge in [-0.1, -0.05) is 43.9 Å². The monoisotopic (exact) mass is 371 g/mol. The maximum Gasteiger partial charge on any atom is 0.119 e. The van der Waals surface area contributed by atoms with Crippen LogP contribution in [0.2, 0.25) is 0 Å². The van der Waals surface area contributed by atoms with Crippen molar-refractivity contribution in [3.05, 3.63) is 35.4 Å². The van der Waals surface area contributed by atoms with Crippen LogP contribution in [0.25, 0.3) is 6.08 Å². The standard InChI is InChI=1S/C24H37NO2/c1-25(2)18-22-14-8-7-13-21(16-19-10-9-15-23(17-19)27-3)24(22,26)20-11-5-4-6-12-20/h9-10,15-17,20,22,26H,4-8,11-14,18H2,1-3H3. The normalized spacial score (nSPS) is 29.1. The van der Waals surface area contributed by atoms with E-state index >= 15 is 0 Å². The lowest BCUT2D eigenvalue weighted by molar-refractivity contribution is -0.0568. The van der Waals surface area contributed by atoms with Crippen LogP contribution in [0.1, 0.15) is 63.4 Å². The summed E-state index contributed by atoms with van der Waals surface area (Å²) in [6.07, 6.45) is 12.9. The first-order valence-corrected chi connectivity index (χ1v) is 10.8. The molecule has 27 heavy (non-hydrogen) atoms. The minimum Gasteiger partial charge on any atom is -0.497 e. The second kappa shape index (κ2) is 9.25. The highest BCUT2D eigenvalue weighted by Gasteiger charge is 2.47. The summed E-state index contributed by atoms with van der Waals surface area (Å²) in [5, 5.41) is 12.3. The molecular weight excluding hydrogens is 334 g/mol. The molecular formula is C24H37NO2. The Hall–Kier alpha value is -1.32. The van der Waals surface area contributed by atoms with Gasteiger partial charge in [0.05, 0.1) is 12.7 Å². The van der Waals surface area contributed by atoms with Gasteiger partial charge in [-0.05, 0) is 75.4 Å².